The Morgan fingerprint density at radius 2 is 2.30 bits per heavy atom. The molecule has 0 saturated carbocycles. The van der Waals surface area contributed by atoms with Gasteiger partial charge < -0.3 is 10.1 Å². The molecule has 4 heteroatoms. The number of rotatable bonds is 4. The van der Waals surface area contributed by atoms with Crippen molar-refractivity contribution in [3.05, 3.63) is 15.6 Å². The Bertz CT molecular complexity index is 487. The predicted molar refractivity (Wildman–Crippen MR) is 81.6 cm³/mol. The number of nitrogens with zero attached hydrogens (tertiary/aromatic N) is 1. The van der Waals surface area contributed by atoms with Gasteiger partial charge in [0.15, 0.2) is 0 Å². The molecule has 4 unspecified atom stereocenters. The Morgan fingerprint density at radius 3 is 3.05 bits per heavy atom. The fourth-order valence-electron chi connectivity index (χ4n) is 4.10. The lowest BCUT2D eigenvalue weighted by molar-refractivity contribution is 0.100. The van der Waals surface area contributed by atoms with E-state index >= 15 is 0 Å². The maximum Gasteiger partial charge on any atom is 0.0989 e. The van der Waals surface area contributed by atoms with E-state index < -0.39 is 0 Å². The first kappa shape index (κ1) is 13.2. The highest BCUT2D eigenvalue weighted by Crippen LogP contribution is 2.47. The number of likely N-dealkylation sites (N-methyl/N-ethyl adjacent to an activating group) is 1. The van der Waals surface area contributed by atoms with Gasteiger partial charge in [0, 0.05) is 23.3 Å². The summed E-state index contributed by atoms with van der Waals surface area (Å²) in [6.45, 7) is 4.34. The Labute approximate surface area is 125 Å². The van der Waals surface area contributed by atoms with Gasteiger partial charge in [-0.1, -0.05) is 6.92 Å². The molecule has 1 aromatic rings. The predicted octanol–water partition coefficient (Wildman–Crippen LogP) is 3.21. The molecule has 2 fully saturated rings. The minimum Gasteiger partial charge on any atom is -0.374 e. The van der Waals surface area contributed by atoms with Crippen LogP contribution in [-0.2, 0) is 11.2 Å². The zero-order valence-electron chi connectivity index (χ0n) is 12.2. The normalized spacial score (nSPS) is 35.5. The van der Waals surface area contributed by atoms with Crippen molar-refractivity contribution in [3.63, 3.8) is 0 Å². The van der Waals surface area contributed by atoms with Crippen LogP contribution in [-0.4, -0.2) is 30.3 Å². The first-order valence-corrected chi connectivity index (χ1v) is 9.02. The fraction of sp³-hybridized carbons (Fsp3) is 0.812. The van der Waals surface area contributed by atoms with E-state index in [4.69, 9.17) is 9.72 Å². The summed E-state index contributed by atoms with van der Waals surface area (Å²) in [5, 5.41) is 4.88. The van der Waals surface area contributed by atoms with Gasteiger partial charge in [0.1, 0.15) is 0 Å². The molecule has 2 bridgehead atoms. The molecule has 2 aliphatic heterocycles. The van der Waals surface area contributed by atoms with Crippen molar-refractivity contribution in [2.45, 2.75) is 69.5 Å². The summed E-state index contributed by atoms with van der Waals surface area (Å²) < 4.78 is 6.02. The summed E-state index contributed by atoms with van der Waals surface area (Å²) >= 11 is 1.99. The van der Waals surface area contributed by atoms with Crippen molar-refractivity contribution >= 4 is 11.3 Å². The van der Waals surface area contributed by atoms with E-state index in [-0.39, 0.29) is 0 Å². The second kappa shape index (κ2) is 5.39. The number of fused-ring (bicyclic) bond motifs is 3. The summed E-state index contributed by atoms with van der Waals surface area (Å²) in [5.41, 5.74) is 1.42. The molecule has 0 amide bonds. The van der Waals surface area contributed by atoms with E-state index in [9.17, 15) is 0 Å². The minimum absolute atomic E-state index is 0.472. The Morgan fingerprint density at radius 1 is 1.35 bits per heavy atom. The van der Waals surface area contributed by atoms with E-state index in [0.29, 0.717) is 24.0 Å². The van der Waals surface area contributed by atoms with Gasteiger partial charge in [0.2, 0.25) is 0 Å². The van der Waals surface area contributed by atoms with Gasteiger partial charge in [-0.05, 0) is 45.1 Å². The van der Waals surface area contributed by atoms with E-state index in [1.54, 1.807) is 4.88 Å². The molecule has 3 aliphatic rings. The number of aryl methyl sites for hydroxylation is 1. The zero-order valence-corrected chi connectivity index (χ0v) is 13.0. The molecule has 0 aromatic carbocycles. The van der Waals surface area contributed by atoms with Crippen molar-refractivity contribution in [2.75, 3.05) is 13.1 Å². The van der Waals surface area contributed by atoms with Crippen LogP contribution in [0.3, 0.4) is 0 Å². The van der Waals surface area contributed by atoms with Crippen molar-refractivity contribution in [1.82, 2.24) is 10.3 Å². The van der Waals surface area contributed by atoms with Gasteiger partial charge >= 0.3 is 0 Å². The van der Waals surface area contributed by atoms with E-state index in [0.717, 1.165) is 13.1 Å². The summed E-state index contributed by atoms with van der Waals surface area (Å²) in [7, 11) is 0. The quantitative estimate of drug-likeness (QED) is 0.925. The molecule has 2 saturated heterocycles. The van der Waals surface area contributed by atoms with E-state index in [2.05, 4.69) is 12.2 Å². The van der Waals surface area contributed by atoms with Crippen LogP contribution in [0.2, 0.25) is 0 Å². The molecule has 20 heavy (non-hydrogen) atoms. The standard InChI is InChI=1S/C16H24N2OS/c1-2-17-9-10-4-3-5-14-15(10)18-16(20-14)12-8-11-6-7-13(12)19-11/h10-13,17H,2-9H2,1H3. The molecule has 1 N–H and O–H groups in total. The molecule has 0 spiro atoms. The van der Waals surface area contributed by atoms with Gasteiger partial charge in [-0.15, -0.1) is 11.3 Å². The molecular formula is C16H24N2OS. The highest BCUT2D eigenvalue weighted by Gasteiger charge is 2.43. The topological polar surface area (TPSA) is 34.1 Å². The first-order chi connectivity index (χ1) is 9.85. The molecule has 1 aromatic heterocycles. The van der Waals surface area contributed by atoms with Crippen LogP contribution in [0.25, 0.3) is 0 Å². The maximum absolute atomic E-state index is 6.02. The van der Waals surface area contributed by atoms with Crippen LogP contribution in [0, 0.1) is 0 Å². The molecule has 3 heterocycles. The van der Waals surface area contributed by atoms with Crippen molar-refractivity contribution < 1.29 is 4.74 Å². The average molecular weight is 292 g/mol. The summed E-state index contributed by atoms with van der Waals surface area (Å²) in [5.74, 6) is 1.24. The van der Waals surface area contributed by atoms with Gasteiger partial charge in [-0.2, -0.15) is 0 Å². The smallest absolute Gasteiger partial charge is 0.0989 e. The number of thiazole rings is 1. The lowest BCUT2D eigenvalue weighted by Crippen LogP contribution is -2.24. The largest absolute Gasteiger partial charge is 0.374 e. The second-order valence-electron chi connectivity index (χ2n) is 6.47. The van der Waals surface area contributed by atoms with Crippen LogP contribution in [0.5, 0.6) is 0 Å². The lowest BCUT2D eigenvalue weighted by atomic mass is 9.89. The third kappa shape index (κ3) is 2.22. The number of aromatic nitrogens is 1. The molecule has 4 rings (SSSR count). The Balaban J connectivity index is 1.56. The average Bonchev–Trinajstić information content (AvgIpc) is 3.18. The SMILES string of the molecule is CCNCC1CCCc2sc(C3CC4CCC3O4)nc21. The lowest BCUT2D eigenvalue weighted by Gasteiger charge is -2.21. The van der Waals surface area contributed by atoms with Crippen molar-refractivity contribution in [2.24, 2.45) is 0 Å². The monoisotopic (exact) mass is 292 g/mol. The Kier molecular flexibility index (Phi) is 3.57. The highest BCUT2D eigenvalue weighted by atomic mass is 32.1. The van der Waals surface area contributed by atoms with Gasteiger partial charge in [0.25, 0.3) is 0 Å². The number of hydrogen-bond donors (Lipinski definition) is 1. The number of hydrogen-bond acceptors (Lipinski definition) is 4. The minimum atomic E-state index is 0.472. The van der Waals surface area contributed by atoms with Crippen LogP contribution in [0.1, 0.15) is 66.4 Å². The van der Waals surface area contributed by atoms with Crippen LogP contribution in [0.4, 0.5) is 0 Å². The van der Waals surface area contributed by atoms with Crippen molar-refractivity contribution in [3.8, 4) is 0 Å². The third-order valence-corrected chi connectivity index (χ3v) is 6.41. The first-order valence-electron chi connectivity index (χ1n) is 8.20. The number of ether oxygens (including phenoxy) is 1. The second-order valence-corrected chi connectivity index (χ2v) is 7.59. The fourth-order valence-corrected chi connectivity index (χ4v) is 5.46. The molecule has 4 atom stereocenters. The summed E-state index contributed by atoms with van der Waals surface area (Å²) in [6, 6.07) is 0. The molecule has 110 valence electrons. The van der Waals surface area contributed by atoms with E-state index in [1.807, 2.05) is 11.3 Å². The highest BCUT2D eigenvalue weighted by molar-refractivity contribution is 7.11. The van der Waals surface area contributed by atoms with Crippen LogP contribution < -0.4 is 5.32 Å². The maximum atomic E-state index is 6.02. The van der Waals surface area contributed by atoms with Gasteiger partial charge in [0.05, 0.1) is 22.9 Å². The summed E-state index contributed by atoms with van der Waals surface area (Å²) in [6.07, 6.45) is 8.62. The Hall–Kier alpha value is -0.450. The molecule has 1 aliphatic carbocycles. The van der Waals surface area contributed by atoms with Crippen LogP contribution >= 0.6 is 11.3 Å². The van der Waals surface area contributed by atoms with Gasteiger partial charge in [-0.3, -0.25) is 0 Å². The third-order valence-electron chi connectivity index (χ3n) is 5.15. The van der Waals surface area contributed by atoms with Gasteiger partial charge in [-0.25, -0.2) is 4.98 Å². The zero-order chi connectivity index (χ0) is 13.5. The summed E-state index contributed by atoms with van der Waals surface area (Å²) in [4.78, 5) is 6.65. The molecular weight excluding hydrogens is 268 g/mol. The van der Waals surface area contributed by atoms with Crippen molar-refractivity contribution in [1.29, 1.82) is 0 Å². The van der Waals surface area contributed by atoms with Crippen LogP contribution in [0.15, 0.2) is 0 Å². The molecule has 0 radical (unpaired) electrons. The molecule has 3 nitrogen and oxygen atoms in total. The number of nitrogens with one attached hydrogen (secondary N) is 1. The van der Waals surface area contributed by atoms with E-state index in [1.165, 1.54) is 49.2 Å².